The van der Waals surface area contributed by atoms with E-state index in [0.29, 0.717) is 0 Å². The van der Waals surface area contributed by atoms with E-state index in [0.717, 1.165) is 40.9 Å². The number of hydrogen-bond acceptors (Lipinski definition) is 2. The molecule has 22 heavy (non-hydrogen) atoms. The Morgan fingerprint density at radius 3 is 2.64 bits per heavy atom. The molecule has 0 fully saturated rings. The van der Waals surface area contributed by atoms with Gasteiger partial charge in [0.25, 0.3) is 0 Å². The first-order chi connectivity index (χ1) is 10.6. The maximum Gasteiger partial charge on any atom is 0.189 e. The molecule has 112 valence electrons. The van der Waals surface area contributed by atoms with Crippen LogP contribution in [-0.4, -0.2) is 12.9 Å². The summed E-state index contributed by atoms with van der Waals surface area (Å²) < 4.78 is 5.24. The van der Waals surface area contributed by atoms with Crippen molar-refractivity contribution in [2.45, 2.75) is 26.7 Å². The van der Waals surface area contributed by atoms with Gasteiger partial charge in [-0.1, -0.05) is 23.8 Å². The number of carbonyl (C=O) groups is 1. The highest BCUT2D eigenvalue weighted by Crippen LogP contribution is 2.30. The van der Waals surface area contributed by atoms with E-state index in [1.807, 2.05) is 18.2 Å². The smallest absolute Gasteiger partial charge is 0.189 e. The number of fused-ring (bicyclic) bond motifs is 1. The Balaban J connectivity index is 1.99. The second-order valence-electron chi connectivity index (χ2n) is 5.88. The van der Waals surface area contributed by atoms with Gasteiger partial charge in [-0.25, -0.2) is 0 Å². The second-order valence-corrected chi connectivity index (χ2v) is 5.88. The third kappa shape index (κ3) is 2.69. The van der Waals surface area contributed by atoms with Gasteiger partial charge >= 0.3 is 0 Å². The summed E-state index contributed by atoms with van der Waals surface area (Å²) in [5, 5.41) is 0. The molecule has 2 nitrogen and oxygen atoms in total. The molecule has 0 radical (unpaired) electrons. The predicted molar refractivity (Wildman–Crippen MR) is 89.5 cm³/mol. The summed E-state index contributed by atoms with van der Waals surface area (Å²) in [5.41, 5.74) is 6.34. The fourth-order valence-electron chi connectivity index (χ4n) is 2.92. The van der Waals surface area contributed by atoms with Gasteiger partial charge in [-0.05, 0) is 67.7 Å². The van der Waals surface area contributed by atoms with Crippen LogP contribution in [0.5, 0.6) is 5.75 Å². The monoisotopic (exact) mass is 292 g/mol. The molecule has 3 rings (SSSR count). The molecule has 0 bridgehead atoms. The number of carbonyl (C=O) groups excluding carboxylic acids is 1. The number of allylic oxidation sites excluding steroid dienone is 1. The summed E-state index contributed by atoms with van der Waals surface area (Å²) in [7, 11) is 1.65. The summed E-state index contributed by atoms with van der Waals surface area (Å²) in [6.45, 7) is 4.16. The molecule has 0 aliphatic heterocycles. The fraction of sp³-hybridized carbons (Fsp3) is 0.250. The first kappa shape index (κ1) is 14.6. The van der Waals surface area contributed by atoms with Gasteiger partial charge < -0.3 is 4.74 Å². The average Bonchev–Trinajstić information content (AvgIpc) is 2.53. The average molecular weight is 292 g/mol. The molecule has 1 aliphatic rings. The lowest BCUT2D eigenvalue weighted by Gasteiger charge is -2.18. The highest BCUT2D eigenvalue weighted by molar-refractivity contribution is 6.13. The van der Waals surface area contributed by atoms with Crippen LogP contribution in [0.3, 0.4) is 0 Å². The fourth-order valence-corrected chi connectivity index (χ4v) is 2.92. The third-order valence-electron chi connectivity index (χ3n) is 4.28. The summed E-state index contributed by atoms with van der Waals surface area (Å²) in [6.07, 6.45) is 3.72. The lowest BCUT2D eigenvalue weighted by atomic mass is 9.85. The minimum absolute atomic E-state index is 0.143. The van der Waals surface area contributed by atoms with Gasteiger partial charge in [0.15, 0.2) is 5.78 Å². The van der Waals surface area contributed by atoms with Crippen molar-refractivity contribution >= 4 is 11.9 Å². The van der Waals surface area contributed by atoms with Crippen molar-refractivity contribution in [3.63, 3.8) is 0 Å². The van der Waals surface area contributed by atoms with Crippen LogP contribution in [0.1, 0.15) is 39.0 Å². The molecule has 0 aromatic heterocycles. The van der Waals surface area contributed by atoms with Crippen molar-refractivity contribution in [2.24, 2.45) is 0 Å². The van der Waals surface area contributed by atoms with Crippen molar-refractivity contribution in [3.8, 4) is 5.75 Å². The number of rotatable bonds is 2. The molecular formula is C20H20O2. The summed E-state index contributed by atoms with van der Waals surface area (Å²) >= 11 is 0. The molecule has 0 N–H and O–H groups in total. The number of aryl methyl sites for hydroxylation is 3. The van der Waals surface area contributed by atoms with Crippen LogP contribution in [0.25, 0.3) is 6.08 Å². The second kappa shape index (κ2) is 5.80. The Kier molecular flexibility index (Phi) is 3.84. The van der Waals surface area contributed by atoms with E-state index in [2.05, 4.69) is 38.1 Å². The maximum atomic E-state index is 12.7. The molecule has 0 atom stereocenters. The third-order valence-corrected chi connectivity index (χ3v) is 4.28. The molecule has 0 saturated carbocycles. The molecular weight excluding hydrogens is 272 g/mol. The van der Waals surface area contributed by atoms with E-state index >= 15 is 0 Å². The number of ether oxygens (including phenoxy) is 1. The Bertz CT molecular complexity index is 769. The molecule has 2 aromatic carbocycles. The van der Waals surface area contributed by atoms with Gasteiger partial charge in [-0.3, -0.25) is 4.79 Å². The SMILES string of the molecule is COc1ccc2c(c1)CC/C(=C/c1cc(C)ccc1C)C2=O. The normalized spacial score (nSPS) is 15.8. The van der Waals surface area contributed by atoms with Gasteiger partial charge in [0.1, 0.15) is 5.75 Å². The lowest BCUT2D eigenvalue weighted by molar-refractivity contribution is 0.102. The van der Waals surface area contributed by atoms with Gasteiger partial charge in [0, 0.05) is 11.1 Å². The Hall–Kier alpha value is -2.35. The highest BCUT2D eigenvalue weighted by Gasteiger charge is 2.22. The van der Waals surface area contributed by atoms with E-state index in [1.165, 1.54) is 11.1 Å². The van der Waals surface area contributed by atoms with Crippen LogP contribution in [0, 0.1) is 13.8 Å². The highest BCUT2D eigenvalue weighted by atomic mass is 16.5. The number of ketones is 1. The molecule has 2 heteroatoms. The van der Waals surface area contributed by atoms with Gasteiger partial charge in [0.2, 0.25) is 0 Å². The lowest BCUT2D eigenvalue weighted by Crippen LogP contribution is -2.14. The minimum Gasteiger partial charge on any atom is -0.497 e. The maximum absolute atomic E-state index is 12.7. The van der Waals surface area contributed by atoms with Crippen molar-refractivity contribution in [2.75, 3.05) is 7.11 Å². The largest absolute Gasteiger partial charge is 0.497 e. The summed E-state index contributed by atoms with van der Waals surface area (Å²) in [4.78, 5) is 12.7. The molecule has 0 unspecified atom stereocenters. The van der Waals surface area contributed by atoms with Gasteiger partial charge in [-0.2, -0.15) is 0 Å². The van der Waals surface area contributed by atoms with E-state index < -0.39 is 0 Å². The summed E-state index contributed by atoms with van der Waals surface area (Å²) in [5.74, 6) is 0.957. The van der Waals surface area contributed by atoms with Crippen LogP contribution >= 0.6 is 0 Å². The quantitative estimate of drug-likeness (QED) is 0.760. The minimum atomic E-state index is 0.143. The molecule has 0 heterocycles. The predicted octanol–water partition coefficient (Wildman–Crippen LogP) is 4.52. The van der Waals surface area contributed by atoms with Crippen molar-refractivity contribution in [1.82, 2.24) is 0 Å². The van der Waals surface area contributed by atoms with Crippen LogP contribution in [-0.2, 0) is 6.42 Å². The topological polar surface area (TPSA) is 26.3 Å². The zero-order chi connectivity index (χ0) is 15.7. The van der Waals surface area contributed by atoms with Crippen molar-refractivity contribution in [1.29, 1.82) is 0 Å². The molecule has 1 aliphatic carbocycles. The molecule has 2 aromatic rings. The Labute approximate surface area is 131 Å². The number of Topliss-reactive ketones (excluding diaryl/α,β-unsaturated/α-hetero) is 1. The molecule has 0 saturated heterocycles. The first-order valence-corrected chi connectivity index (χ1v) is 7.58. The van der Waals surface area contributed by atoms with Gasteiger partial charge in [-0.15, -0.1) is 0 Å². The number of methoxy groups -OCH3 is 1. The number of hydrogen-bond donors (Lipinski definition) is 0. The van der Waals surface area contributed by atoms with E-state index in [4.69, 9.17) is 4.74 Å². The summed E-state index contributed by atoms with van der Waals surface area (Å²) in [6, 6.07) is 12.1. The van der Waals surface area contributed by atoms with Crippen LogP contribution in [0.2, 0.25) is 0 Å². The molecule has 0 spiro atoms. The first-order valence-electron chi connectivity index (χ1n) is 7.58. The molecule has 0 amide bonds. The Morgan fingerprint density at radius 2 is 1.86 bits per heavy atom. The standard InChI is InChI=1S/C20H20O2/c1-13-4-5-14(2)17(10-13)11-16-7-6-15-12-18(22-3)8-9-19(15)20(16)21/h4-5,8-12H,6-7H2,1-3H3/b16-11-. The number of benzene rings is 2. The van der Waals surface area contributed by atoms with Crippen molar-refractivity contribution in [3.05, 3.63) is 69.8 Å². The van der Waals surface area contributed by atoms with E-state index in [9.17, 15) is 4.79 Å². The van der Waals surface area contributed by atoms with Crippen LogP contribution in [0.4, 0.5) is 0 Å². The van der Waals surface area contributed by atoms with Crippen LogP contribution in [0.15, 0.2) is 42.0 Å². The zero-order valence-corrected chi connectivity index (χ0v) is 13.3. The Morgan fingerprint density at radius 1 is 1.05 bits per heavy atom. The zero-order valence-electron chi connectivity index (χ0n) is 13.3. The van der Waals surface area contributed by atoms with E-state index in [-0.39, 0.29) is 5.78 Å². The van der Waals surface area contributed by atoms with E-state index in [1.54, 1.807) is 7.11 Å². The van der Waals surface area contributed by atoms with Crippen molar-refractivity contribution < 1.29 is 9.53 Å². The van der Waals surface area contributed by atoms with Gasteiger partial charge in [0.05, 0.1) is 7.11 Å². The van der Waals surface area contributed by atoms with Crippen LogP contribution < -0.4 is 4.74 Å².